The predicted molar refractivity (Wildman–Crippen MR) is 95.6 cm³/mol. The molecule has 23 heavy (non-hydrogen) atoms. The molecule has 0 fully saturated rings. The number of rotatable bonds is 4. The first-order valence-corrected chi connectivity index (χ1v) is 9.03. The Bertz CT molecular complexity index is 871. The van der Waals surface area contributed by atoms with Gasteiger partial charge in [0.15, 0.2) is 5.82 Å². The van der Waals surface area contributed by atoms with Gasteiger partial charge in [-0.1, -0.05) is 35.0 Å². The van der Waals surface area contributed by atoms with E-state index in [-0.39, 0.29) is 17.0 Å². The van der Waals surface area contributed by atoms with Crippen LogP contribution >= 0.6 is 46.3 Å². The average Bonchev–Trinajstić information content (AvgIpc) is 2.99. The van der Waals surface area contributed by atoms with Crippen LogP contribution < -0.4 is 5.32 Å². The van der Waals surface area contributed by atoms with Crippen molar-refractivity contribution in [1.29, 1.82) is 0 Å². The topological polar surface area (TPSA) is 67.8 Å². The lowest BCUT2D eigenvalue weighted by Gasteiger charge is -2.12. The van der Waals surface area contributed by atoms with Gasteiger partial charge in [0.2, 0.25) is 5.91 Å². The number of halogens is 2. The number of carbonyl (C=O) groups excluding carboxylic acids is 1. The van der Waals surface area contributed by atoms with Gasteiger partial charge in [0, 0.05) is 11.6 Å². The summed E-state index contributed by atoms with van der Waals surface area (Å²) >= 11 is 14.7. The number of hydrogen-bond donors (Lipinski definition) is 1. The van der Waals surface area contributed by atoms with Crippen LogP contribution in [0.5, 0.6) is 0 Å². The number of thioether (sulfide) groups is 1. The van der Waals surface area contributed by atoms with E-state index in [9.17, 15) is 4.79 Å². The van der Waals surface area contributed by atoms with Crippen molar-refractivity contribution in [3.63, 3.8) is 0 Å². The van der Waals surface area contributed by atoms with Crippen LogP contribution in [-0.4, -0.2) is 26.1 Å². The van der Waals surface area contributed by atoms with E-state index < -0.39 is 0 Å². The summed E-state index contributed by atoms with van der Waals surface area (Å²) in [6.07, 6.45) is 2.93. The Morgan fingerprint density at radius 2 is 2.17 bits per heavy atom. The van der Waals surface area contributed by atoms with Crippen LogP contribution in [0.2, 0.25) is 10.0 Å². The minimum Gasteiger partial charge on any atom is -0.308 e. The van der Waals surface area contributed by atoms with E-state index in [2.05, 4.69) is 20.3 Å². The number of fused-ring (bicyclic) bond motifs is 1. The molecule has 118 valence electrons. The maximum atomic E-state index is 12.3. The number of hydrogen-bond acceptors (Lipinski definition) is 6. The molecule has 1 amide bonds. The summed E-state index contributed by atoms with van der Waals surface area (Å²) < 4.78 is 0. The highest BCUT2D eigenvalue weighted by Crippen LogP contribution is 2.31. The predicted octanol–water partition coefficient (Wildman–Crippen LogP) is 4.51. The van der Waals surface area contributed by atoms with E-state index in [1.165, 1.54) is 41.7 Å². The molecule has 5 nitrogen and oxygen atoms in total. The zero-order chi connectivity index (χ0) is 16.4. The summed E-state index contributed by atoms with van der Waals surface area (Å²) in [6, 6.07) is 3.48. The second kappa shape index (κ2) is 7.00. The van der Waals surface area contributed by atoms with Crippen LogP contribution in [0.3, 0.4) is 0 Å². The minimum absolute atomic E-state index is 0.214. The van der Waals surface area contributed by atoms with Crippen LogP contribution in [0, 0.1) is 0 Å². The van der Waals surface area contributed by atoms with Crippen LogP contribution in [-0.2, 0) is 4.79 Å². The Morgan fingerprint density at radius 3 is 2.96 bits per heavy atom. The monoisotopic (exact) mass is 384 g/mol. The third-order valence-corrected chi connectivity index (χ3v) is 5.36. The maximum Gasteiger partial charge on any atom is 0.238 e. The summed E-state index contributed by atoms with van der Waals surface area (Å²) in [7, 11) is 0. The highest BCUT2D eigenvalue weighted by atomic mass is 35.5. The van der Waals surface area contributed by atoms with E-state index in [4.69, 9.17) is 23.2 Å². The molecule has 0 spiro atoms. The van der Waals surface area contributed by atoms with Gasteiger partial charge in [-0.25, -0.2) is 15.0 Å². The van der Waals surface area contributed by atoms with Crippen LogP contribution in [0.25, 0.3) is 10.2 Å². The molecule has 3 aromatic heterocycles. The molecule has 1 atom stereocenters. The van der Waals surface area contributed by atoms with Crippen molar-refractivity contribution in [2.45, 2.75) is 17.2 Å². The van der Waals surface area contributed by atoms with Gasteiger partial charge in [-0.05, 0) is 24.4 Å². The normalized spacial score (nSPS) is 12.3. The molecular formula is C14H10Cl2N4OS2. The number of thiophene rings is 1. The molecule has 3 heterocycles. The van der Waals surface area contributed by atoms with Gasteiger partial charge in [-0.2, -0.15) is 0 Å². The number of anilines is 1. The summed E-state index contributed by atoms with van der Waals surface area (Å²) in [5.74, 6) is 0.0746. The Kier molecular flexibility index (Phi) is 5.01. The molecule has 0 aromatic carbocycles. The summed E-state index contributed by atoms with van der Waals surface area (Å²) in [5, 5.41) is 6.70. The highest BCUT2D eigenvalue weighted by molar-refractivity contribution is 8.00. The van der Waals surface area contributed by atoms with Gasteiger partial charge >= 0.3 is 0 Å². The standard InChI is InChI=1S/C14H10Cl2N4OS2/c1-7(12(21)20-11-10(16)4-8(15)5-17-11)23-14-9-2-3-22-13(9)18-6-19-14/h2-7H,1H3,(H,17,20,21). The van der Waals surface area contributed by atoms with Crippen molar-refractivity contribution in [2.24, 2.45) is 0 Å². The summed E-state index contributed by atoms with van der Waals surface area (Å²) in [5.41, 5.74) is 0. The fraction of sp³-hybridized carbons (Fsp3) is 0.143. The van der Waals surface area contributed by atoms with E-state index in [1.807, 2.05) is 11.4 Å². The number of nitrogens with zero attached hydrogens (tertiary/aromatic N) is 3. The van der Waals surface area contributed by atoms with Gasteiger partial charge in [-0.3, -0.25) is 4.79 Å². The smallest absolute Gasteiger partial charge is 0.238 e. The van der Waals surface area contributed by atoms with E-state index in [0.29, 0.717) is 10.0 Å². The molecule has 3 rings (SSSR count). The molecule has 3 aromatic rings. The quantitative estimate of drug-likeness (QED) is 0.529. The second-order valence-corrected chi connectivity index (χ2v) is 7.62. The first-order valence-electron chi connectivity index (χ1n) is 6.51. The molecular weight excluding hydrogens is 375 g/mol. The van der Waals surface area contributed by atoms with Gasteiger partial charge in [0.1, 0.15) is 16.2 Å². The van der Waals surface area contributed by atoms with E-state index in [1.54, 1.807) is 6.92 Å². The third-order valence-electron chi connectivity index (χ3n) is 2.93. The largest absolute Gasteiger partial charge is 0.308 e. The Balaban J connectivity index is 1.74. The molecule has 0 bridgehead atoms. The minimum atomic E-state index is -0.374. The van der Waals surface area contributed by atoms with Crippen molar-refractivity contribution >= 4 is 68.2 Å². The van der Waals surface area contributed by atoms with Gasteiger partial charge in [-0.15, -0.1) is 11.3 Å². The van der Waals surface area contributed by atoms with Gasteiger partial charge in [0.25, 0.3) is 0 Å². The van der Waals surface area contributed by atoms with Crippen molar-refractivity contribution in [3.05, 3.63) is 40.1 Å². The molecule has 1 N–H and O–H groups in total. The van der Waals surface area contributed by atoms with Crippen LogP contribution in [0.4, 0.5) is 5.82 Å². The number of amides is 1. The first kappa shape index (κ1) is 16.4. The molecule has 0 aliphatic carbocycles. The fourth-order valence-electron chi connectivity index (χ4n) is 1.81. The number of nitrogens with one attached hydrogen (secondary N) is 1. The Hall–Kier alpha value is -1.41. The third kappa shape index (κ3) is 3.74. The molecule has 0 radical (unpaired) electrons. The molecule has 0 saturated heterocycles. The van der Waals surface area contributed by atoms with Gasteiger partial charge < -0.3 is 5.32 Å². The SMILES string of the molecule is CC(Sc1ncnc2sccc12)C(=O)Nc1ncc(Cl)cc1Cl. The number of aromatic nitrogens is 3. The first-order chi connectivity index (χ1) is 11.0. The van der Waals surface area contributed by atoms with Crippen molar-refractivity contribution < 1.29 is 4.79 Å². The molecule has 9 heteroatoms. The molecule has 0 saturated carbocycles. The molecule has 0 aliphatic rings. The zero-order valence-corrected chi connectivity index (χ0v) is 14.9. The van der Waals surface area contributed by atoms with E-state index in [0.717, 1.165) is 15.2 Å². The highest BCUT2D eigenvalue weighted by Gasteiger charge is 2.18. The summed E-state index contributed by atoms with van der Waals surface area (Å²) in [6.45, 7) is 1.80. The fourth-order valence-corrected chi connectivity index (χ4v) is 3.93. The zero-order valence-electron chi connectivity index (χ0n) is 11.8. The van der Waals surface area contributed by atoms with Crippen LogP contribution in [0.1, 0.15) is 6.92 Å². The van der Waals surface area contributed by atoms with Crippen molar-refractivity contribution in [3.8, 4) is 0 Å². The Labute approximate surface area is 150 Å². The molecule has 1 unspecified atom stereocenters. The maximum absolute atomic E-state index is 12.3. The lowest BCUT2D eigenvalue weighted by atomic mass is 10.4. The lowest BCUT2D eigenvalue weighted by molar-refractivity contribution is -0.115. The number of carbonyl (C=O) groups is 1. The average molecular weight is 385 g/mol. The number of pyridine rings is 1. The Morgan fingerprint density at radius 1 is 1.35 bits per heavy atom. The second-order valence-electron chi connectivity index (χ2n) is 4.55. The molecule has 0 aliphatic heterocycles. The lowest BCUT2D eigenvalue weighted by Crippen LogP contribution is -2.23. The van der Waals surface area contributed by atoms with Crippen LogP contribution in [0.15, 0.2) is 35.1 Å². The summed E-state index contributed by atoms with van der Waals surface area (Å²) in [4.78, 5) is 25.7. The van der Waals surface area contributed by atoms with Gasteiger partial charge in [0.05, 0.1) is 15.3 Å². The van der Waals surface area contributed by atoms with Crippen molar-refractivity contribution in [2.75, 3.05) is 5.32 Å². The van der Waals surface area contributed by atoms with Crippen molar-refractivity contribution in [1.82, 2.24) is 15.0 Å². The van der Waals surface area contributed by atoms with E-state index >= 15 is 0 Å².